The Morgan fingerprint density at radius 3 is 2.32 bits per heavy atom. The van der Waals surface area contributed by atoms with E-state index < -0.39 is 22.0 Å². The molecule has 25 heavy (non-hydrogen) atoms. The average molecular weight is 378 g/mol. The summed E-state index contributed by atoms with van der Waals surface area (Å²) in [6.45, 7) is 1.69. The lowest BCUT2D eigenvalue weighted by atomic mass is 10.1. The molecule has 130 valence electrons. The van der Waals surface area contributed by atoms with Gasteiger partial charge in [-0.25, -0.2) is 8.42 Å². The molecule has 2 aromatic carbocycles. The van der Waals surface area contributed by atoms with Gasteiger partial charge < -0.3 is 5.32 Å². The summed E-state index contributed by atoms with van der Waals surface area (Å²) in [7, 11) is -3.82. The molecule has 0 aromatic heterocycles. The lowest BCUT2D eigenvalue weighted by Gasteiger charge is -2.14. The number of carbonyl (C=O) groups excluding carboxylic acids is 1. The number of amides is 1. The molecule has 0 fully saturated rings. The summed E-state index contributed by atoms with van der Waals surface area (Å²) >= 11 is 5.74. The fourth-order valence-electron chi connectivity index (χ4n) is 2.01. The van der Waals surface area contributed by atoms with Gasteiger partial charge in [0.25, 0.3) is 0 Å². The van der Waals surface area contributed by atoms with Gasteiger partial charge in [0.2, 0.25) is 15.9 Å². The number of sulfonamides is 1. The van der Waals surface area contributed by atoms with Crippen LogP contribution in [0.15, 0.2) is 53.4 Å². The molecule has 0 bridgehead atoms. The molecule has 0 aliphatic rings. The van der Waals surface area contributed by atoms with Crippen LogP contribution in [0.3, 0.4) is 0 Å². The van der Waals surface area contributed by atoms with Crippen LogP contribution >= 0.6 is 11.6 Å². The fraction of sp³-hybridized carbons (Fsp3) is 0.176. The van der Waals surface area contributed by atoms with Crippen LogP contribution in [0.2, 0.25) is 5.02 Å². The minimum absolute atomic E-state index is 0.0312. The Balaban J connectivity index is 1.95. The number of halogens is 1. The van der Waals surface area contributed by atoms with Crippen LogP contribution in [-0.4, -0.2) is 20.4 Å². The van der Waals surface area contributed by atoms with E-state index in [2.05, 4.69) is 10.0 Å². The lowest BCUT2D eigenvalue weighted by molar-refractivity contribution is -0.122. The van der Waals surface area contributed by atoms with E-state index in [4.69, 9.17) is 16.9 Å². The van der Waals surface area contributed by atoms with Crippen LogP contribution in [0.25, 0.3) is 0 Å². The standard InChI is InChI=1S/C17H16ClN3O3S/c1-12(21-25(23,24)16-8-6-15(18)7-9-16)17(22)20-11-14-4-2-13(10-19)3-5-14/h2-9,12,21H,11H2,1H3,(H,20,22)/t12-/m0/s1. The number of rotatable bonds is 6. The number of hydrogen-bond donors (Lipinski definition) is 2. The quantitative estimate of drug-likeness (QED) is 0.806. The van der Waals surface area contributed by atoms with Crippen LogP contribution in [0, 0.1) is 11.3 Å². The second-order valence-electron chi connectivity index (χ2n) is 5.32. The second kappa shape index (κ2) is 8.12. The van der Waals surface area contributed by atoms with Crippen molar-refractivity contribution in [1.29, 1.82) is 5.26 Å². The molecular formula is C17H16ClN3O3S. The summed E-state index contributed by atoms with van der Waals surface area (Å²) in [6.07, 6.45) is 0. The SMILES string of the molecule is C[C@H](NS(=O)(=O)c1ccc(Cl)cc1)C(=O)NCc1ccc(C#N)cc1. The zero-order chi connectivity index (χ0) is 18.4. The number of benzene rings is 2. The van der Waals surface area contributed by atoms with Crippen LogP contribution in [0.4, 0.5) is 0 Å². The summed E-state index contributed by atoms with van der Waals surface area (Å²) in [5.41, 5.74) is 1.33. The van der Waals surface area contributed by atoms with Crippen LogP contribution < -0.4 is 10.0 Å². The summed E-state index contributed by atoms with van der Waals surface area (Å²) in [5, 5.41) is 11.8. The molecule has 2 N–H and O–H groups in total. The predicted octanol–water partition coefficient (Wildman–Crippen LogP) is 2.19. The van der Waals surface area contributed by atoms with Gasteiger partial charge in [-0.2, -0.15) is 9.98 Å². The molecule has 2 rings (SSSR count). The molecule has 1 atom stereocenters. The van der Waals surface area contributed by atoms with E-state index in [9.17, 15) is 13.2 Å². The van der Waals surface area contributed by atoms with Crippen LogP contribution in [0.1, 0.15) is 18.1 Å². The molecule has 6 nitrogen and oxygen atoms in total. The van der Waals surface area contributed by atoms with E-state index in [1.807, 2.05) is 6.07 Å². The van der Waals surface area contributed by atoms with Crippen molar-refractivity contribution in [3.63, 3.8) is 0 Å². The van der Waals surface area contributed by atoms with Gasteiger partial charge in [0.05, 0.1) is 22.6 Å². The zero-order valence-corrected chi connectivity index (χ0v) is 14.9. The van der Waals surface area contributed by atoms with E-state index in [1.54, 1.807) is 24.3 Å². The van der Waals surface area contributed by atoms with Crippen LogP contribution in [-0.2, 0) is 21.4 Å². The van der Waals surface area contributed by atoms with E-state index in [-0.39, 0.29) is 11.4 Å². The molecule has 0 aliphatic carbocycles. The van der Waals surface area contributed by atoms with E-state index in [1.165, 1.54) is 31.2 Å². The van der Waals surface area contributed by atoms with Crippen molar-refractivity contribution in [1.82, 2.24) is 10.0 Å². The zero-order valence-electron chi connectivity index (χ0n) is 13.4. The first-order chi connectivity index (χ1) is 11.8. The van der Waals surface area contributed by atoms with Gasteiger partial charge in [-0.1, -0.05) is 23.7 Å². The van der Waals surface area contributed by atoms with Crippen LogP contribution in [0.5, 0.6) is 0 Å². The third-order valence-electron chi connectivity index (χ3n) is 3.40. The van der Waals surface area contributed by atoms with Gasteiger partial charge in [-0.15, -0.1) is 0 Å². The molecule has 8 heteroatoms. The minimum atomic E-state index is -3.82. The number of nitriles is 1. The van der Waals surface area contributed by atoms with Gasteiger partial charge >= 0.3 is 0 Å². The number of carbonyl (C=O) groups is 1. The van der Waals surface area contributed by atoms with E-state index in [0.717, 1.165) is 5.56 Å². The maximum atomic E-state index is 12.2. The molecule has 0 saturated carbocycles. The lowest BCUT2D eigenvalue weighted by Crippen LogP contribution is -2.44. The molecule has 2 aromatic rings. The molecule has 0 radical (unpaired) electrons. The maximum absolute atomic E-state index is 12.2. The molecule has 0 heterocycles. The highest BCUT2D eigenvalue weighted by atomic mass is 35.5. The third-order valence-corrected chi connectivity index (χ3v) is 5.21. The van der Waals surface area contributed by atoms with Crippen molar-refractivity contribution < 1.29 is 13.2 Å². The van der Waals surface area contributed by atoms with Gasteiger partial charge in [-0.3, -0.25) is 4.79 Å². The Labute approximate surface area is 151 Å². The molecule has 0 aliphatic heterocycles. The summed E-state index contributed by atoms with van der Waals surface area (Å²) in [6, 6.07) is 13.5. The molecule has 0 unspecified atom stereocenters. The first-order valence-electron chi connectivity index (χ1n) is 7.36. The highest BCUT2D eigenvalue weighted by molar-refractivity contribution is 7.89. The maximum Gasteiger partial charge on any atom is 0.241 e. The number of nitrogens with one attached hydrogen (secondary N) is 2. The fourth-order valence-corrected chi connectivity index (χ4v) is 3.34. The van der Waals surface area contributed by atoms with Gasteiger partial charge in [-0.05, 0) is 48.9 Å². The van der Waals surface area contributed by atoms with E-state index in [0.29, 0.717) is 10.6 Å². The Kier molecular flexibility index (Phi) is 6.15. The molecule has 0 spiro atoms. The first-order valence-corrected chi connectivity index (χ1v) is 9.22. The van der Waals surface area contributed by atoms with Crippen molar-refractivity contribution in [2.45, 2.75) is 24.4 Å². The summed E-state index contributed by atoms with van der Waals surface area (Å²) < 4.78 is 26.8. The second-order valence-corrected chi connectivity index (χ2v) is 7.47. The van der Waals surface area contributed by atoms with Crippen molar-refractivity contribution in [3.8, 4) is 6.07 Å². The van der Waals surface area contributed by atoms with Crippen molar-refractivity contribution in [2.75, 3.05) is 0 Å². The Bertz CT molecular complexity index is 888. The molecule has 0 saturated heterocycles. The van der Waals surface area contributed by atoms with Gasteiger partial charge in [0.15, 0.2) is 0 Å². The van der Waals surface area contributed by atoms with Crippen molar-refractivity contribution in [2.24, 2.45) is 0 Å². The Morgan fingerprint density at radius 2 is 1.76 bits per heavy atom. The monoisotopic (exact) mass is 377 g/mol. The Hall–Kier alpha value is -2.40. The minimum Gasteiger partial charge on any atom is -0.351 e. The van der Waals surface area contributed by atoms with E-state index >= 15 is 0 Å². The topological polar surface area (TPSA) is 99.1 Å². The third kappa shape index (κ3) is 5.29. The molecular weight excluding hydrogens is 362 g/mol. The van der Waals surface area contributed by atoms with Gasteiger partial charge in [0.1, 0.15) is 0 Å². The predicted molar refractivity (Wildman–Crippen MR) is 94.2 cm³/mol. The van der Waals surface area contributed by atoms with Crippen molar-refractivity contribution in [3.05, 3.63) is 64.7 Å². The molecule has 1 amide bonds. The van der Waals surface area contributed by atoms with Gasteiger partial charge in [0, 0.05) is 11.6 Å². The summed E-state index contributed by atoms with van der Waals surface area (Å²) in [4.78, 5) is 12.1. The largest absolute Gasteiger partial charge is 0.351 e. The normalized spacial score (nSPS) is 12.2. The number of hydrogen-bond acceptors (Lipinski definition) is 4. The first kappa shape index (κ1) is 18.9. The van der Waals surface area contributed by atoms with Crippen molar-refractivity contribution >= 4 is 27.5 Å². The highest BCUT2D eigenvalue weighted by Crippen LogP contribution is 2.14. The average Bonchev–Trinajstić information content (AvgIpc) is 2.60. The number of nitrogens with zero attached hydrogens (tertiary/aromatic N) is 1. The summed E-state index contributed by atoms with van der Waals surface area (Å²) in [5.74, 6) is -0.457. The smallest absolute Gasteiger partial charge is 0.241 e. The Morgan fingerprint density at radius 1 is 1.16 bits per heavy atom. The highest BCUT2D eigenvalue weighted by Gasteiger charge is 2.21.